The van der Waals surface area contributed by atoms with Gasteiger partial charge in [0, 0.05) is 36.1 Å². The van der Waals surface area contributed by atoms with E-state index >= 15 is 0 Å². The number of benzene rings is 2. The van der Waals surface area contributed by atoms with Gasteiger partial charge in [0.2, 0.25) is 5.91 Å². The molecular weight excluding hydrogens is 384 g/mol. The largest absolute Gasteiger partial charge is 0.352 e. The zero-order valence-electron chi connectivity index (χ0n) is 17.2. The van der Waals surface area contributed by atoms with Crippen molar-refractivity contribution in [3.05, 3.63) is 70.2 Å². The number of hydrogen-bond donors (Lipinski definition) is 1. The first-order valence-corrected chi connectivity index (χ1v) is 10.7. The highest BCUT2D eigenvalue weighted by Gasteiger charge is 2.22. The minimum Gasteiger partial charge on any atom is -0.352 e. The van der Waals surface area contributed by atoms with Crippen molar-refractivity contribution in [2.75, 3.05) is 7.05 Å². The Balaban J connectivity index is 1.53. The van der Waals surface area contributed by atoms with Gasteiger partial charge in [0.1, 0.15) is 0 Å². The Morgan fingerprint density at radius 2 is 1.62 bits per heavy atom. The summed E-state index contributed by atoms with van der Waals surface area (Å²) < 4.78 is 0. The fraction of sp³-hybridized carbons (Fsp3) is 0.417. The molecular formula is C24H29ClN2O2. The van der Waals surface area contributed by atoms with Gasteiger partial charge in [0.25, 0.3) is 5.91 Å². The number of nitrogens with one attached hydrogen (secondary N) is 1. The van der Waals surface area contributed by atoms with E-state index in [0.717, 1.165) is 43.2 Å². The lowest BCUT2D eigenvalue weighted by molar-refractivity contribution is -0.124. The predicted octanol–water partition coefficient (Wildman–Crippen LogP) is 4.85. The van der Waals surface area contributed by atoms with Gasteiger partial charge in [0.05, 0.1) is 0 Å². The number of amides is 2. The molecule has 2 amide bonds. The van der Waals surface area contributed by atoms with Crippen molar-refractivity contribution >= 4 is 23.4 Å². The summed E-state index contributed by atoms with van der Waals surface area (Å²) in [6.45, 7) is 2.55. The molecule has 4 nitrogen and oxygen atoms in total. The van der Waals surface area contributed by atoms with Gasteiger partial charge in [-0.25, -0.2) is 0 Å². The molecule has 3 rings (SSSR count). The second-order valence-corrected chi connectivity index (χ2v) is 8.43. The first-order chi connectivity index (χ1) is 13.9. The van der Waals surface area contributed by atoms with Crippen molar-refractivity contribution in [3.63, 3.8) is 0 Å². The first kappa shape index (κ1) is 21.4. The molecule has 0 aliphatic heterocycles. The van der Waals surface area contributed by atoms with Crippen LogP contribution >= 0.6 is 11.6 Å². The summed E-state index contributed by atoms with van der Waals surface area (Å²) in [6, 6.07) is 15.3. The van der Waals surface area contributed by atoms with E-state index in [1.54, 1.807) is 4.90 Å². The molecule has 1 atom stereocenters. The molecule has 2 aromatic carbocycles. The summed E-state index contributed by atoms with van der Waals surface area (Å²) >= 11 is 5.94. The number of likely N-dealkylation sites (N-methyl/N-ethyl adjacent to an activating group) is 1. The molecule has 0 saturated heterocycles. The summed E-state index contributed by atoms with van der Waals surface area (Å²) in [5, 5.41) is 3.73. The maximum atomic E-state index is 12.8. The summed E-state index contributed by atoms with van der Waals surface area (Å²) in [5.74, 6) is 0.318. The van der Waals surface area contributed by atoms with Crippen LogP contribution in [0.2, 0.25) is 5.02 Å². The van der Waals surface area contributed by atoms with E-state index in [0.29, 0.717) is 17.1 Å². The maximum absolute atomic E-state index is 12.8. The van der Waals surface area contributed by atoms with Crippen LogP contribution in [0.15, 0.2) is 48.5 Å². The highest BCUT2D eigenvalue weighted by Crippen LogP contribution is 2.24. The van der Waals surface area contributed by atoms with Gasteiger partial charge >= 0.3 is 0 Å². The summed E-state index contributed by atoms with van der Waals surface area (Å²) in [4.78, 5) is 26.7. The Hall–Kier alpha value is -2.33. The molecule has 1 N–H and O–H groups in total. The lowest BCUT2D eigenvalue weighted by Gasteiger charge is -2.25. The van der Waals surface area contributed by atoms with Crippen molar-refractivity contribution in [1.82, 2.24) is 10.2 Å². The topological polar surface area (TPSA) is 49.4 Å². The van der Waals surface area contributed by atoms with Crippen molar-refractivity contribution < 1.29 is 9.59 Å². The number of hydrogen-bond acceptors (Lipinski definition) is 2. The van der Waals surface area contributed by atoms with E-state index in [-0.39, 0.29) is 23.8 Å². The molecule has 0 heterocycles. The molecule has 1 fully saturated rings. The van der Waals surface area contributed by atoms with Crippen LogP contribution in [0.5, 0.6) is 0 Å². The molecule has 5 heteroatoms. The molecule has 0 bridgehead atoms. The van der Waals surface area contributed by atoms with Gasteiger partial charge in [-0.1, -0.05) is 48.7 Å². The molecule has 0 radical (unpaired) electrons. The Morgan fingerprint density at radius 3 is 2.24 bits per heavy atom. The number of halogens is 1. The molecule has 29 heavy (non-hydrogen) atoms. The Labute approximate surface area is 178 Å². The quantitative estimate of drug-likeness (QED) is 0.706. The van der Waals surface area contributed by atoms with Gasteiger partial charge in [-0.2, -0.15) is 0 Å². The van der Waals surface area contributed by atoms with Crippen molar-refractivity contribution in [3.8, 4) is 0 Å². The Bertz CT molecular complexity index is 827. The van der Waals surface area contributed by atoms with E-state index < -0.39 is 0 Å². The van der Waals surface area contributed by atoms with Crippen LogP contribution in [-0.4, -0.2) is 29.8 Å². The zero-order chi connectivity index (χ0) is 20.8. The zero-order valence-corrected chi connectivity index (χ0v) is 17.9. The second-order valence-electron chi connectivity index (χ2n) is 7.99. The van der Waals surface area contributed by atoms with Gasteiger partial charge in [-0.05, 0) is 61.6 Å². The lowest BCUT2D eigenvalue weighted by atomic mass is 10.0. The molecule has 2 aromatic rings. The third-order valence-corrected chi connectivity index (χ3v) is 6.07. The Morgan fingerprint density at radius 1 is 1.03 bits per heavy atom. The van der Waals surface area contributed by atoms with E-state index in [4.69, 9.17) is 11.6 Å². The summed E-state index contributed by atoms with van der Waals surface area (Å²) in [5.41, 5.74) is 2.81. The van der Waals surface area contributed by atoms with Crippen LogP contribution in [0, 0.1) is 5.92 Å². The average molecular weight is 413 g/mol. The fourth-order valence-corrected chi connectivity index (χ4v) is 3.92. The van der Waals surface area contributed by atoms with Gasteiger partial charge in [-0.3, -0.25) is 9.59 Å². The molecule has 1 saturated carbocycles. The third-order valence-electron chi connectivity index (χ3n) is 5.82. The molecule has 0 aromatic heterocycles. The smallest absolute Gasteiger partial charge is 0.253 e. The number of carbonyl (C=O) groups excluding carboxylic acids is 2. The summed E-state index contributed by atoms with van der Waals surface area (Å²) in [6.07, 6.45) is 5.07. The van der Waals surface area contributed by atoms with E-state index in [1.165, 1.54) is 0 Å². The standard InChI is InChI=1S/C24H29ClN2O2/c1-17(15-18-9-13-22(25)14-10-18)27(2)24(29)21-11-7-19(8-12-21)16-26-23(28)20-5-3-4-6-20/h7-14,17,20H,3-6,15-16H2,1-2H3,(H,26,28). The molecule has 154 valence electrons. The van der Waals surface area contributed by atoms with E-state index in [2.05, 4.69) is 5.32 Å². The minimum atomic E-state index is -0.00648. The van der Waals surface area contributed by atoms with Crippen molar-refractivity contribution in [2.45, 2.75) is 51.6 Å². The maximum Gasteiger partial charge on any atom is 0.253 e. The lowest BCUT2D eigenvalue weighted by Crippen LogP contribution is -2.36. The van der Waals surface area contributed by atoms with Crippen LogP contribution in [0.4, 0.5) is 0 Å². The molecule has 1 unspecified atom stereocenters. The predicted molar refractivity (Wildman–Crippen MR) is 117 cm³/mol. The highest BCUT2D eigenvalue weighted by atomic mass is 35.5. The molecule has 1 aliphatic carbocycles. The van der Waals surface area contributed by atoms with E-state index in [1.807, 2.05) is 62.5 Å². The van der Waals surface area contributed by atoms with Crippen molar-refractivity contribution in [2.24, 2.45) is 5.92 Å². The highest BCUT2D eigenvalue weighted by molar-refractivity contribution is 6.30. The van der Waals surface area contributed by atoms with Crippen LogP contribution in [0.25, 0.3) is 0 Å². The van der Waals surface area contributed by atoms with Crippen molar-refractivity contribution in [1.29, 1.82) is 0 Å². The second kappa shape index (κ2) is 9.93. The number of carbonyl (C=O) groups is 2. The Kier molecular flexibility index (Phi) is 7.32. The van der Waals surface area contributed by atoms with Gasteiger partial charge < -0.3 is 10.2 Å². The van der Waals surface area contributed by atoms with E-state index in [9.17, 15) is 9.59 Å². The van der Waals surface area contributed by atoms with Crippen LogP contribution in [0.3, 0.4) is 0 Å². The van der Waals surface area contributed by atoms with Crippen LogP contribution in [-0.2, 0) is 17.8 Å². The summed E-state index contributed by atoms with van der Waals surface area (Å²) in [7, 11) is 1.83. The first-order valence-electron chi connectivity index (χ1n) is 10.3. The molecule has 1 aliphatic rings. The van der Waals surface area contributed by atoms with Gasteiger partial charge in [-0.15, -0.1) is 0 Å². The van der Waals surface area contributed by atoms with Crippen LogP contribution in [0.1, 0.15) is 54.1 Å². The monoisotopic (exact) mass is 412 g/mol. The van der Waals surface area contributed by atoms with Crippen LogP contribution < -0.4 is 5.32 Å². The fourth-order valence-electron chi connectivity index (χ4n) is 3.79. The average Bonchev–Trinajstić information content (AvgIpc) is 3.28. The number of rotatable bonds is 7. The SMILES string of the molecule is CC(Cc1ccc(Cl)cc1)N(C)C(=O)c1ccc(CNC(=O)C2CCCC2)cc1. The minimum absolute atomic E-state index is 0.00648. The number of nitrogens with zero attached hydrogens (tertiary/aromatic N) is 1. The third kappa shape index (κ3) is 5.83. The van der Waals surface area contributed by atoms with Gasteiger partial charge in [0.15, 0.2) is 0 Å². The normalized spacial score (nSPS) is 15.1. The molecule has 0 spiro atoms.